The predicted octanol–water partition coefficient (Wildman–Crippen LogP) is 2.94. The van der Waals surface area contributed by atoms with Crippen LogP contribution in [0.5, 0.6) is 5.75 Å². The Morgan fingerprint density at radius 3 is 2.61 bits per heavy atom. The van der Waals surface area contributed by atoms with Crippen LogP contribution < -0.4 is 15.4 Å². The molecule has 1 aliphatic rings. The number of halogens is 1. The Hall–Kier alpha value is -2.23. The molecular formula is C23H34IN5O2. The molecule has 0 spiro atoms. The molecule has 7 nitrogen and oxygen atoms in total. The van der Waals surface area contributed by atoms with Crippen molar-refractivity contribution in [1.82, 2.24) is 20.1 Å². The Balaban J connectivity index is 0.00000341. The molecule has 1 aromatic heterocycles. The van der Waals surface area contributed by atoms with Gasteiger partial charge in [0.05, 0.1) is 6.54 Å². The Morgan fingerprint density at radius 1 is 1.26 bits per heavy atom. The van der Waals surface area contributed by atoms with Crippen molar-refractivity contribution < 1.29 is 9.53 Å². The van der Waals surface area contributed by atoms with Crippen LogP contribution in [0.2, 0.25) is 0 Å². The lowest BCUT2D eigenvalue weighted by Gasteiger charge is -2.22. The molecular weight excluding hydrogens is 505 g/mol. The number of amides is 1. The molecule has 0 atom stereocenters. The standard InChI is InChI=1S/C23H33N5O2.HI/c1-4-24-23(28(3)16-20-6-5-15-27(20)2)25-14-13-18-7-11-21(12-8-18)30-17-22(29)26-19-9-10-19;/h5-8,11-12,15,19H,4,9-10,13-14,16-17H2,1-3H3,(H,24,25)(H,26,29);1H. The Morgan fingerprint density at radius 2 is 2.00 bits per heavy atom. The summed E-state index contributed by atoms with van der Waals surface area (Å²) in [6.07, 6.45) is 5.07. The second-order valence-corrected chi connectivity index (χ2v) is 7.73. The van der Waals surface area contributed by atoms with Crippen LogP contribution in [0.3, 0.4) is 0 Å². The van der Waals surface area contributed by atoms with E-state index in [-0.39, 0.29) is 36.5 Å². The fraction of sp³-hybridized carbons (Fsp3) is 0.478. The first-order chi connectivity index (χ1) is 14.5. The first-order valence-electron chi connectivity index (χ1n) is 10.7. The predicted molar refractivity (Wildman–Crippen MR) is 135 cm³/mol. The normalized spacial score (nSPS) is 13.3. The molecule has 1 saturated carbocycles. The van der Waals surface area contributed by atoms with E-state index < -0.39 is 0 Å². The summed E-state index contributed by atoms with van der Waals surface area (Å²) in [6, 6.07) is 12.4. The first kappa shape index (κ1) is 25.0. The van der Waals surface area contributed by atoms with Gasteiger partial charge in [-0.25, -0.2) is 0 Å². The summed E-state index contributed by atoms with van der Waals surface area (Å²) in [6.45, 7) is 4.48. The van der Waals surface area contributed by atoms with E-state index in [2.05, 4.69) is 59.4 Å². The molecule has 1 heterocycles. The number of benzene rings is 1. The van der Waals surface area contributed by atoms with Gasteiger partial charge in [0.1, 0.15) is 5.75 Å². The molecule has 0 radical (unpaired) electrons. The van der Waals surface area contributed by atoms with Gasteiger partial charge in [-0.05, 0) is 56.0 Å². The molecule has 0 bridgehead atoms. The van der Waals surface area contributed by atoms with Crippen LogP contribution >= 0.6 is 24.0 Å². The molecule has 1 aliphatic carbocycles. The summed E-state index contributed by atoms with van der Waals surface area (Å²) in [5.41, 5.74) is 2.43. The quantitative estimate of drug-likeness (QED) is 0.277. The van der Waals surface area contributed by atoms with Crippen molar-refractivity contribution in [2.75, 3.05) is 26.7 Å². The van der Waals surface area contributed by atoms with Gasteiger partial charge in [0.25, 0.3) is 5.91 Å². The van der Waals surface area contributed by atoms with Gasteiger partial charge in [0, 0.05) is 45.1 Å². The lowest BCUT2D eigenvalue weighted by Crippen LogP contribution is -2.39. The van der Waals surface area contributed by atoms with Crippen LogP contribution in [0.1, 0.15) is 31.0 Å². The van der Waals surface area contributed by atoms with E-state index in [1.807, 2.05) is 24.3 Å². The van der Waals surface area contributed by atoms with Crippen LogP contribution in [-0.4, -0.2) is 54.1 Å². The molecule has 2 N–H and O–H groups in total. The lowest BCUT2D eigenvalue weighted by atomic mass is 10.1. The number of hydrogen-bond donors (Lipinski definition) is 2. The molecule has 3 rings (SSSR count). The summed E-state index contributed by atoms with van der Waals surface area (Å²) in [5, 5.41) is 6.28. The van der Waals surface area contributed by atoms with Gasteiger partial charge in [-0.3, -0.25) is 9.79 Å². The molecule has 31 heavy (non-hydrogen) atoms. The van der Waals surface area contributed by atoms with E-state index in [0.29, 0.717) is 18.3 Å². The van der Waals surface area contributed by atoms with Gasteiger partial charge in [-0.2, -0.15) is 0 Å². The molecule has 0 saturated heterocycles. The number of aryl methyl sites for hydroxylation is 1. The van der Waals surface area contributed by atoms with Crippen molar-refractivity contribution in [2.24, 2.45) is 12.0 Å². The van der Waals surface area contributed by atoms with Crippen LogP contribution in [0.4, 0.5) is 0 Å². The van der Waals surface area contributed by atoms with Crippen LogP contribution in [0.15, 0.2) is 47.6 Å². The first-order valence-corrected chi connectivity index (χ1v) is 10.7. The topological polar surface area (TPSA) is 70.9 Å². The lowest BCUT2D eigenvalue weighted by molar-refractivity contribution is -0.123. The molecule has 1 amide bonds. The van der Waals surface area contributed by atoms with E-state index in [4.69, 9.17) is 9.73 Å². The number of hydrogen-bond acceptors (Lipinski definition) is 3. The molecule has 8 heteroatoms. The fourth-order valence-corrected chi connectivity index (χ4v) is 3.14. The average Bonchev–Trinajstić information content (AvgIpc) is 3.46. The summed E-state index contributed by atoms with van der Waals surface area (Å²) < 4.78 is 7.68. The Bertz CT molecular complexity index is 846. The molecule has 170 valence electrons. The number of aliphatic imine (C=N–C) groups is 1. The van der Waals surface area contributed by atoms with Crippen molar-refractivity contribution in [1.29, 1.82) is 0 Å². The molecule has 0 unspecified atom stereocenters. The van der Waals surface area contributed by atoms with E-state index in [0.717, 1.165) is 38.3 Å². The smallest absolute Gasteiger partial charge is 0.258 e. The summed E-state index contributed by atoms with van der Waals surface area (Å²) in [7, 11) is 4.11. The zero-order valence-electron chi connectivity index (χ0n) is 18.6. The van der Waals surface area contributed by atoms with Crippen molar-refractivity contribution in [3.63, 3.8) is 0 Å². The van der Waals surface area contributed by atoms with E-state index in [1.54, 1.807) is 0 Å². The van der Waals surface area contributed by atoms with Crippen LogP contribution in [0.25, 0.3) is 0 Å². The minimum atomic E-state index is -0.0497. The Kier molecular flexibility index (Phi) is 10.2. The van der Waals surface area contributed by atoms with Crippen molar-refractivity contribution in [3.05, 3.63) is 53.9 Å². The zero-order valence-corrected chi connectivity index (χ0v) is 21.0. The second kappa shape index (κ2) is 12.6. The van der Waals surface area contributed by atoms with Crippen LogP contribution in [0, 0.1) is 0 Å². The zero-order chi connectivity index (χ0) is 21.3. The summed E-state index contributed by atoms with van der Waals surface area (Å²) in [5.74, 6) is 1.57. The summed E-state index contributed by atoms with van der Waals surface area (Å²) in [4.78, 5) is 18.6. The highest BCUT2D eigenvalue weighted by Crippen LogP contribution is 2.18. The number of carbonyl (C=O) groups is 1. The third-order valence-corrected chi connectivity index (χ3v) is 5.04. The highest BCUT2D eigenvalue weighted by Gasteiger charge is 2.23. The van der Waals surface area contributed by atoms with Gasteiger partial charge in [-0.15, -0.1) is 24.0 Å². The highest BCUT2D eigenvalue weighted by atomic mass is 127. The van der Waals surface area contributed by atoms with Gasteiger partial charge in [0.2, 0.25) is 0 Å². The molecule has 0 aliphatic heterocycles. The maximum atomic E-state index is 11.7. The monoisotopic (exact) mass is 539 g/mol. The van der Waals surface area contributed by atoms with Crippen molar-refractivity contribution in [3.8, 4) is 5.75 Å². The number of guanidine groups is 1. The third-order valence-electron chi connectivity index (χ3n) is 5.04. The third kappa shape index (κ3) is 8.43. The largest absolute Gasteiger partial charge is 0.484 e. The summed E-state index contributed by atoms with van der Waals surface area (Å²) >= 11 is 0. The minimum Gasteiger partial charge on any atom is -0.484 e. The van der Waals surface area contributed by atoms with Gasteiger partial charge >= 0.3 is 0 Å². The molecule has 2 aromatic rings. The van der Waals surface area contributed by atoms with E-state index >= 15 is 0 Å². The number of nitrogens with one attached hydrogen (secondary N) is 2. The van der Waals surface area contributed by atoms with E-state index in [9.17, 15) is 4.79 Å². The van der Waals surface area contributed by atoms with Gasteiger partial charge < -0.3 is 24.8 Å². The fourth-order valence-electron chi connectivity index (χ4n) is 3.14. The Labute approximate surface area is 202 Å². The second-order valence-electron chi connectivity index (χ2n) is 7.73. The maximum absolute atomic E-state index is 11.7. The number of ether oxygens (including phenoxy) is 1. The highest BCUT2D eigenvalue weighted by molar-refractivity contribution is 14.0. The number of nitrogens with zero attached hydrogens (tertiary/aromatic N) is 3. The molecule has 1 fully saturated rings. The average molecular weight is 539 g/mol. The maximum Gasteiger partial charge on any atom is 0.258 e. The van der Waals surface area contributed by atoms with Gasteiger partial charge in [0.15, 0.2) is 12.6 Å². The number of carbonyl (C=O) groups excluding carboxylic acids is 1. The SMILES string of the molecule is CCNC(=NCCc1ccc(OCC(=O)NC2CC2)cc1)N(C)Cc1cccn1C.I. The number of rotatable bonds is 10. The molecule has 1 aromatic carbocycles. The van der Waals surface area contributed by atoms with Crippen LogP contribution in [-0.2, 0) is 24.8 Å². The van der Waals surface area contributed by atoms with Crippen molar-refractivity contribution >= 4 is 35.8 Å². The van der Waals surface area contributed by atoms with Crippen molar-refractivity contribution in [2.45, 2.75) is 38.8 Å². The van der Waals surface area contributed by atoms with E-state index in [1.165, 1.54) is 11.3 Å². The van der Waals surface area contributed by atoms with Gasteiger partial charge in [-0.1, -0.05) is 12.1 Å². The number of aromatic nitrogens is 1. The minimum absolute atomic E-state index is 0.